The monoisotopic (exact) mass is 328 g/mol. The quantitative estimate of drug-likeness (QED) is 0.502. The van der Waals surface area contributed by atoms with Gasteiger partial charge < -0.3 is 9.64 Å². The summed E-state index contributed by atoms with van der Waals surface area (Å²) < 4.78 is 10.4. The van der Waals surface area contributed by atoms with Crippen LogP contribution in [0.3, 0.4) is 0 Å². The third-order valence-corrected chi connectivity index (χ3v) is 3.75. The van der Waals surface area contributed by atoms with Crippen molar-refractivity contribution in [3.63, 3.8) is 0 Å². The van der Waals surface area contributed by atoms with Gasteiger partial charge in [-0.25, -0.2) is 4.63 Å². The van der Waals surface area contributed by atoms with E-state index in [-0.39, 0.29) is 16.7 Å². The van der Waals surface area contributed by atoms with Gasteiger partial charge in [0.25, 0.3) is 0 Å². The second kappa shape index (κ2) is 6.53. The molecule has 0 unspecified atom stereocenters. The molecule has 3 aromatic rings. The molecule has 0 aliphatic rings. The minimum absolute atomic E-state index is 0.0669. The van der Waals surface area contributed by atoms with Gasteiger partial charge in [0.1, 0.15) is 5.75 Å². The Balaban J connectivity index is 1.89. The van der Waals surface area contributed by atoms with Crippen LogP contribution in [0, 0.1) is 10.1 Å². The molecule has 0 aliphatic carbocycles. The Hall–Kier alpha value is -3.16. The predicted molar refractivity (Wildman–Crippen MR) is 88.5 cm³/mol. The highest BCUT2D eigenvalue weighted by atomic mass is 16.6. The molecular formula is C16H16N4O4. The maximum atomic E-state index is 11.0. The van der Waals surface area contributed by atoms with E-state index in [1.807, 2.05) is 24.3 Å². The van der Waals surface area contributed by atoms with Crippen LogP contribution in [0.5, 0.6) is 11.5 Å². The lowest BCUT2D eigenvalue weighted by atomic mass is 10.2. The van der Waals surface area contributed by atoms with Crippen molar-refractivity contribution in [1.82, 2.24) is 10.3 Å². The highest BCUT2D eigenvalue weighted by molar-refractivity contribution is 5.88. The minimum atomic E-state index is -0.533. The summed E-state index contributed by atoms with van der Waals surface area (Å²) >= 11 is 0. The Morgan fingerprint density at radius 1 is 1.08 bits per heavy atom. The molecule has 0 bridgehead atoms. The van der Waals surface area contributed by atoms with Gasteiger partial charge in [-0.15, -0.1) is 0 Å². The zero-order valence-corrected chi connectivity index (χ0v) is 13.3. The van der Waals surface area contributed by atoms with Crippen LogP contribution < -0.4 is 9.64 Å². The van der Waals surface area contributed by atoms with Crippen LogP contribution in [-0.4, -0.2) is 28.3 Å². The van der Waals surface area contributed by atoms with Gasteiger partial charge >= 0.3 is 5.69 Å². The number of nitro benzene ring substituents is 1. The molecule has 0 amide bonds. The normalized spacial score (nSPS) is 10.8. The first-order valence-corrected chi connectivity index (χ1v) is 7.56. The Bertz CT molecular complexity index is 856. The van der Waals surface area contributed by atoms with E-state index in [9.17, 15) is 10.1 Å². The molecule has 8 heteroatoms. The summed E-state index contributed by atoms with van der Waals surface area (Å²) in [7, 11) is 0. The minimum Gasteiger partial charge on any atom is -0.455 e. The van der Waals surface area contributed by atoms with Crippen LogP contribution in [0.15, 0.2) is 41.0 Å². The van der Waals surface area contributed by atoms with E-state index in [0.29, 0.717) is 11.5 Å². The van der Waals surface area contributed by atoms with Gasteiger partial charge in [0.05, 0.1) is 4.92 Å². The smallest absolute Gasteiger partial charge is 0.301 e. The average molecular weight is 328 g/mol. The fourth-order valence-corrected chi connectivity index (χ4v) is 2.50. The van der Waals surface area contributed by atoms with Crippen molar-refractivity contribution in [2.24, 2.45) is 0 Å². The highest BCUT2D eigenvalue weighted by Gasteiger charge is 2.20. The molecule has 8 nitrogen and oxygen atoms in total. The van der Waals surface area contributed by atoms with Gasteiger partial charge in [-0.2, -0.15) is 0 Å². The topological polar surface area (TPSA) is 94.5 Å². The summed E-state index contributed by atoms with van der Waals surface area (Å²) in [5.41, 5.74) is 1.22. The third-order valence-electron chi connectivity index (χ3n) is 3.75. The van der Waals surface area contributed by atoms with Crippen LogP contribution in [0.2, 0.25) is 0 Å². The second-order valence-electron chi connectivity index (χ2n) is 5.07. The summed E-state index contributed by atoms with van der Waals surface area (Å²) in [5.74, 6) is 0.955. The number of nitro groups is 1. The molecule has 124 valence electrons. The number of benzene rings is 2. The lowest BCUT2D eigenvalue weighted by Crippen LogP contribution is -2.21. The van der Waals surface area contributed by atoms with Gasteiger partial charge in [0, 0.05) is 24.8 Å². The van der Waals surface area contributed by atoms with E-state index in [1.165, 1.54) is 12.1 Å². The summed E-state index contributed by atoms with van der Waals surface area (Å²) in [6.45, 7) is 6.03. The Labute approximate surface area is 137 Å². The lowest BCUT2D eigenvalue weighted by molar-refractivity contribution is -0.383. The zero-order chi connectivity index (χ0) is 17.1. The Morgan fingerprint density at radius 2 is 1.75 bits per heavy atom. The second-order valence-corrected chi connectivity index (χ2v) is 5.07. The van der Waals surface area contributed by atoms with Gasteiger partial charge in [-0.3, -0.25) is 10.1 Å². The van der Waals surface area contributed by atoms with Crippen LogP contribution >= 0.6 is 0 Å². The number of rotatable bonds is 6. The Kier molecular flexibility index (Phi) is 4.28. The molecule has 0 radical (unpaired) electrons. The van der Waals surface area contributed by atoms with Crippen molar-refractivity contribution in [3.8, 4) is 11.5 Å². The van der Waals surface area contributed by atoms with Crippen LogP contribution in [-0.2, 0) is 0 Å². The number of aromatic nitrogens is 2. The van der Waals surface area contributed by atoms with Crippen molar-refractivity contribution >= 4 is 22.4 Å². The molecule has 0 saturated carbocycles. The van der Waals surface area contributed by atoms with E-state index in [1.54, 1.807) is 0 Å². The van der Waals surface area contributed by atoms with E-state index >= 15 is 0 Å². The SMILES string of the molecule is CCN(CC)c1ccc(Oc2ccc([N+](=O)[O-])c3nonc23)cc1. The first-order valence-electron chi connectivity index (χ1n) is 7.56. The first-order chi connectivity index (χ1) is 11.6. The predicted octanol–water partition coefficient (Wildman–Crippen LogP) is 3.77. The molecule has 0 spiro atoms. The van der Waals surface area contributed by atoms with Crippen molar-refractivity contribution in [1.29, 1.82) is 0 Å². The molecule has 2 aromatic carbocycles. The molecule has 1 heterocycles. The van der Waals surface area contributed by atoms with Crippen LogP contribution in [0.1, 0.15) is 13.8 Å². The summed E-state index contributed by atoms with van der Waals surface area (Å²) in [6, 6.07) is 10.4. The lowest BCUT2D eigenvalue weighted by Gasteiger charge is -2.21. The van der Waals surface area contributed by atoms with E-state index in [4.69, 9.17) is 4.74 Å². The number of anilines is 1. The number of hydrogen-bond donors (Lipinski definition) is 0. The maximum Gasteiger partial charge on any atom is 0.301 e. The molecular weight excluding hydrogens is 312 g/mol. The van der Waals surface area contributed by atoms with Crippen LogP contribution in [0.25, 0.3) is 11.0 Å². The van der Waals surface area contributed by atoms with E-state index in [2.05, 4.69) is 33.7 Å². The van der Waals surface area contributed by atoms with Crippen molar-refractivity contribution < 1.29 is 14.3 Å². The number of fused-ring (bicyclic) bond motifs is 1. The molecule has 24 heavy (non-hydrogen) atoms. The summed E-state index contributed by atoms with van der Waals surface area (Å²) in [5, 5.41) is 18.3. The number of hydrogen-bond acceptors (Lipinski definition) is 7. The van der Waals surface area contributed by atoms with E-state index in [0.717, 1.165) is 18.8 Å². The number of nitrogens with zero attached hydrogens (tertiary/aromatic N) is 4. The molecule has 0 saturated heterocycles. The summed E-state index contributed by atoms with van der Waals surface area (Å²) in [4.78, 5) is 12.7. The van der Waals surface area contributed by atoms with Gasteiger partial charge in [0.15, 0.2) is 11.3 Å². The standard InChI is InChI=1S/C16H16N4O4/c1-3-19(4-2)11-5-7-12(8-6-11)23-14-10-9-13(20(21)22)15-16(14)18-24-17-15/h5-10H,3-4H2,1-2H3. The molecule has 0 aliphatic heterocycles. The fourth-order valence-electron chi connectivity index (χ4n) is 2.50. The molecule has 0 N–H and O–H groups in total. The van der Waals surface area contributed by atoms with Crippen LogP contribution in [0.4, 0.5) is 11.4 Å². The van der Waals surface area contributed by atoms with Crippen molar-refractivity contribution in [2.75, 3.05) is 18.0 Å². The largest absolute Gasteiger partial charge is 0.455 e. The third kappa shape index (κ3) is 2.85. The molecule has 0 fully saturated rings. The number of ether oxygens (including phenoxy) is 1. The molecule has 3 rings (SSSR count). The van der Waals surface area contributed by atoms with Crippen molar-refractivity contribution in [3.05, 3.63) is 46.5 Å². The van der Waals surface area contributed by atoms with E-state index < -0.39 is 4.92 Å². The molecule has 0 atom stereocenters. The van der Waals surface area contributed by atoms with Gasteiger partial charge in [-0.05, 0) is 54.5 Å². The zero-order valence-electron chi connectivity index (χ0n) is 13.3. The maximum absolute atomic E-state index is 11.0. The number of non-ortho nitro benzene ring substituents is 1. The van der Waals surface area contributed by atoms with Gasteiger partial charge in [0.2, 0.25) is 5.52 Å². The highest BCUT2D eigenvalue weighted by Crippen LogP contribution is 2.33. The molecule has 1 aromatic heterocycles. The fraction of sp³-hybridized carbons (Fsp3) is 0.250. The Morgan fingerprint density at radius 3 is 2.38 bits per heavy atom. The average Bonchev–Trinajstić information content (AvgIpc) is 3.07. The van der Waals surface area contributed by atoms with Crippen molar-refractivity contribution in [2.45, 2.75) is 13.8 Å². The first kappa shape index (κ1) is 15.7. The van der Waals surface area contributed by atoms with Gasteiger partial charge in [-0.1, -0.05) is 0 Å². The summed E-state index contributed by atoms with van der Waals surface area (Å²) in [6.07, 6.45) is 0.